The number of carbonyl (C=O) groups is 2. The molecule has 1 amide bonds. The highest BCUT2D eigenvalue weighted by Gasteiger charge is 2.25. The molecule has 0 atom stereocenters. The van der Waals surface area contributed by atoms with Gasteiger partial charge in [-0.3, -0.25) is 24.2 Å². The summed E-state index contributed by atoms with van der Waals surface area (Å²) >= 11 is 6.31. The Morgan fingerprint density at radius 2 is 1.89 bits per heavy atom. The molecular weight excluding hydrogens is 497 g/mol. The van der Waals surface area contributed by atoms with Crippen LogP contribution in [-0.4, -0.2) is 42.8 Å². The molecule has 2 N–H and O–H groups in total. The Morgan fingerprint density at radius 3 is 2.59 bits per heavy atom. The second kappa shape index (κ2) is 10.6. The van der Waals surface area contributed by atoms with Crippen LogP contribution in [0.3, 0.4) is 0 Å². The number of hydrogen-bond donors (Lipinski definition) is 2. The highest BCUT2D eigenvalue weighted by Crippen LogP contribution is 2.29. The van der Waals surface area contributed by atoms with E-state index in [0.29, 0.717) is 33.1 Å². The molecule has 8 nitrogen and oxygen atoms in total. The van der Waals surface area contributed by atoms with Crippen LogP contribution in [0.15, 0.2) is 55.0 Å². The number of halogens is 2. The van der Waals surface area contributed by atoms with Crippen LogP contribution in [0.2, 0.25) is 5.02 Å². The molecular formula is C27H25ClFN5O3. The van der Waals surface area contributed by atoms with E-state index in [9.17, 15) is 14.0 Å². The number of carboxylic acids is 1. The number of rotatable bonds is 7. The Kier molecular flexibility index (Phi) is 7.14. The molecule has 2 aromatic heterocycles. The van der Waals surface area contributed by atoms with Gasteiger partial charge < -0.3 is 10.4 Å². The quantitative estimate of drug-likeness (QED) is 0.350. The average Bonchev–Trinajstić information content (AvgIpc) is 3.27. The van der Waals surface area contributed by atoms with E-state index in [1.54, 1.807) is 47.5 Å². The largest absolute Gasteiger partial charge is 0.481 e. The summed E-state index contributed by atoms with van der Waals surface area (Å²) in [5.74, 6) is -1.22. The van der Waals surface area contributed by atoms with E-state index in [1.165, 1.54) is 12.1 Å². The molecule has 0 spiro atoms. The van der Waals surface area contributed by atoms with Crippen molar-refractivity contribution in [3.63, 3.8) is 0 Å². The molecule has 1 fully saturated rings. The number of carboxylic acid groups (broad SMARTS) is 1. The first-order valence-corrected chi connectivity index (χ1v) is 12.5. The molecule has 0 radical (unpaired) electrons. The molecule has 2 aromatic carbocycles. The number of nitrogens with zero attached hydrogens (tertiary/aromatic N) is 4. The lowest BCUT2D eigenvalue weighted by Crippen LogP contribution is -2.38. The Bertz CT molecular complexity index is 1450. The molecule has 0 unspecified atom stereocenters. The SMILES string of the molecule is O=C(O)CC1CCC(NC(=O)c2cc(Cl)cc3cnn(Cc4cnc(-c5cccc(F)c5)cn4)c23)CC1. The average molecular weight is 522 g/mol. The van der Waals surface area contributed by atoms with Gasteiger partial charge in [0.2, 0.25) is 0 Å². The number of benzene rings is 2. The van der Waals surface area contributed by atoms with Crippen molar-refractivity contribution in [1.29, 1.82) is 0 Å². The smallest absolute Gasteiger partial charge is 0.303 e. The lowest BCUT2D eigenvalue weighted by Gasteiger charge is -2.28. The fourth-order valence-electron chi connectivity index (χ4n) is 4.90. The van der Waals surface area contributed by atoms with Crippen LogP contribution in [-0.2, 0) is 11.3 Å². The highest BCUT2D eigenvalue weighted by atomic mass is 35.5. The van der Waals surface area contributed by atoms with Crippen LogP contribution in [0, 0.1) is 11.7 Å². The number of nitrogens with one attached hydrogen (secondary N) is 1. The van der Waals surface area contributed by atoms with Crippen molar-refractivity contribution < 1.29 is 19.1 Å². The molecule has 0 aliphatic heterocycles. The molecule has 1 aliphatic rings. The Hall–Kier alpha value is -3.85. The van der Waals surface area contributed by atoms with Crippen molar-refractivity contribution in [1.82, 2.24) is 25.1 Å². The molecule has 0 saturated heterocycles. The third-order valence-electron chi connectivity index (χ3n) is 6.73. The van der Waals surface area contributed by atoms with E-state index in [-0.39, 0.29) is 36.6 Å². The molecule has 2 heterocycles. The lowest BCUT2D eigenvalue weighted by atomic mass is 9.84. The van der Waals surface area contributed by atoms with E-state index in [4.69, 9.17) is 16.7 Å². The third-order valence-corrected chi connectivity index (χ3v) is 6.94. The van der Waals surface area contributed by atoms with E-state index in [2.05, 4.69) is 20.4 Å². The van der Waals surface area contributed by atoms with Crippen molar-refractivity contribution >= 4 is 34.4 Å². The van der Waals surface area contributed by atoms with Gasteiger partial charge in [0.1, 0.15) is 5.82 Å². The van der Waals surface area contributed by atoms with Crippen LogP contribution in [0.4, 0.5) is 4.39 Å². The third kappa shape index (κ3) is 5.77. The molecule has 1 aliphatic carbocycles. The van der Waals surface area contributed by atoms with Crippen LogP contribution in [0.25, 0.3) is 22.2 Å². The maximum atomic E-state index is 13.6. The van der Waals surface area contributed by atoms with Crippen molar-refractivity contribution in [2.45, 2.75) is 44.7 Å². The summed E-state index contributed by atoms with van der Waals surface area (Å²) in [4.78, 5) is 33.2. The Balaban J connectivity index is 1.34. The minimum atomic E-state index is -0.782. The van der Waals surface area contributed by atoms with Gasteiger partial charge in [-0.1, -0.05) is 23.7 Å². The van der Waals surface area contributed by atoms with Crippen molar-refractivity contribution in [3.05, 3.63) is 77.1 Å². The van der Waals surface area contributed by atoms with Gasteiger partial charge in [0.15, 0.2) is 0 Å². The summed E-state index contributed by atoms with van der Waals surface area (Å²) in [6.07, 6.45) is 8.03. The number of amides is 1. The van der Waals surface area contributed by atoms with Gasteiger partial charge in [-0.2, -0.15) is 5.10 Å². The zero-order chi connectivity index (χ0) is 25.9. The molecule has 190 valence electrons. The number of aliphatic carboxylic acids is 1. The molecule has 5 rings (SSSR count). The van der Waals surface area contributed by atoms with Crippen molar-refractivity contribution in [2.75, 3.05) is 0 Å². The van der Waals surface area contributed by atoms with Gasteiger partial charge in [0.05, 0.1) is 47.6 Å². The van der Waals surface area contributed by atoms with Gasteiger partial charge in [0, 0.05) is 28.4 Å². The van der Waals surface area contributed by atoms with Crippen molar-refractivity contribution in [2.24, 2.45) is 5.92 Å². The van der Waals surface area contributed by atoms with Gasteiger partial charge in [-0.05, 0) is 55.9 Å². The van der Waals surface area contributed by atoms with Gasteiger partial charge in [0.25, 0.3) is 5.91 Å². The Labute approximate surface area is 217 Å². The zero-order valence-electron chi connectivity index (χ0n) is 19.9. The predicted octanol–water partition coefficient (Wildman–Crippen LogP) is 5.10. The minimum Gasteiger partial charge on any atom is -0.481 e. The van der Waals surface area contributed by atoms with Crippen LogP contribution >= 0.6 is 11.6 Å². The molecule has 1 saturated carbocycles. The highest BCUT2D eigenvalue weighted by molar-refractivity contribution is 6.32. The van der Waals surface area contributed by atoms with E-state index >= 15 is 0 Å². The van der Waals surface area contributed by atoms with Crippen LogP contribution < -0.4 is 5.32 Å². The normalized spacial score (nSPS) is 17.6. The van der Waals surface area contributed by atoms with Gasteiger partial charge in [-0.25, -0.2) is 4.39 Å². The molecule has 10 heteroatoms. The van der Waals surface area contributed by atoms with Crippen molar-refractivity contribution in [3.8, 4) is 11.3 Å². The summed E-state index contributed by atoms with van der Waals surface area (Å²) < 4.78 is 15.2. The first-order valence-electron chi connectivity index (χ1n) is 12.1. The Morgan fingerprint density at radius 1 is 1.08 bits per heavy atom. The second-order valence-corrected chi connectivity index (χ2v) is 9.82. The maximum Gasteiger partial charge on any atom is 0.303 e. The van der Waals surface area contributed by atoms with Gasteiger partial charge >= 0.3 is 5.97 Å². The first kappa shape index (κ1) is 24.8. The molecule has 0 bridgehead atoms. The first-order chi connectivity index (χ1) is 17.9. The van der Waals surface area contributed by atoms with E-state index < -0.39 is 5.97 Å². The molecule has 4 aromatic rings. The number of carbonyl (C=O) groups excluding carboxylic acids is 1. The van der Waals surface area contributed by atoms with E-state index in [1.807, 2.05) is 0 Å². The van der Waals surface area contributed by atoms with Crippen LogP contribution in [0.5, 0.6) is 0 Å². The van der Waals surface area contributed by atoms with Crippen LogP contribution in [0.1, 0.15) is 48.2 Å². The summed E-state index contributed by atoms with van der Waals surface area (Å²) in [7, 11) is 0. The fourth-order valence-corrected chi connectivity index (χ4v) is 5.12. The standard InChI is InChI=1S/C27H25ClFN5O3/c28-19-9-18-12-32-34(15-22-13-31-24(14-30-22)17-2-1-3-20(29)10-17)26(18)23(11-19)27(37)33-21-6-4-16(5-7-21)8-25(35)36/h1-3,9-14,16,21H,4-8,15H2,(H,33,37)(H,35,36). The van der Waals surface area contributed by atoms with Gasteiger partial charge in [-0.15, -0.1) is 0 Å². The summed E-state index contributed by atoms with van der Waals surface area (Å²) in [5, 5.41) is 17.7. The second-order valence-electron chi connectivity index (χ2n) is 9.39. The van der Waals surface area contributed by atoms with E-state index in [0.717, 1.165) is 31.1 Å². The maximum absolute atomic E-state index is 13.6. The minimum absolute atomic E-state index is 0.0239. The number of hydrogen-bond acceptors (Lipinski definition) is 5. The topological polar surface area (TPSA) is 110 Å². The fraction of sp³-hybridized carbons (Fsp3) is 0.296. The molecule has 37 heavy (non-hydrogen) atoms. The summed E-state index contributed by atoms with van der Waals surface area (Å²) in [6, 6.07) is 9.52. The monoisotopic (exact) mass is 521 g/mol. The summed E-state index contributed by atoms with van der Waals surface area (Å²) in [5.41, 5.74) is 2.87. The summed E-state index contributed by atoms with van der Waals surface area (Å²) in [6.45, 7) is 0.280. The zero-order valence-corrected chi connectivity index (χ0v) is 20.7. The number of fused-ring (bicyclic) bond motifs is 1. The lowest BCUT2D eigenvalue weighted by molar-refractivity contribution is -0.138. The predicted molar refractivity (Wildman–Crippen MR) is 137 cm³/mol. The number of aromatic nitrogens is 4.